The molecule has 0 bridgehead atoms. The van der Waals surface area contributed by atoms with E-state index in [9.17, 15) is 40.5 Å². The molecular weight excluding hydrogens is 454 g/mol. The summed E-state index contributed by atoms with van der Waals surface area (Å²) in [6.07, 6.45) is -10.5. The van der Waals surface area contributed by atoms with Crippen LogP contribution in [0.15, 0.2) is 16.3 Å². The smallest absolute Gasteiger partial charge is 0.187 e. The van der Waals surface area contributed by atoms with E-state index in [0.29, 0.717) is 6.42 Å². The first-order valence-electron chi connectivity index (χ1n) is 11.3. The van der Waals surface area contributed by atoms with Crippen LogP contribution in [0.2, 0.25) is 0 Å². The van der Waals surface area contributed by atoms with Crippen LogP contribution in [0.25, 0.3) is 0 Å². The van der Waals surface area contributed by atoms with E-state index in [2.05, 4.69) is 4.99 Å². The van der Waals surface area contributed by atoms with Gasteiger partial charge in [0.25, 0.3) is 0 Å². The fourth-order valence-electron chi connectivity index (χ4n) is 4.59. The standard InChI is InChI=1S/C22H35NO11/c1-9-15(23-6-10-11(26)4-22(2,3)5-12(10)27)17(29)20(14(8-25)32-9)34-21-19(31)18(30)16(28)13(7-24)33-21/h6,9,13-21,24-26,28-31H,4-5,7-8H2,1-3H3/t9-,13?,14?,15?,16-,17+,18-,19?,20+,21-/m0/s1. The van der Waals surface area contributed by atoms with Gasteiger partial charge >= 0.3 is 0 Å². The van der Waals surface area contributed by atoms with Crippen molar-refractivity contribution in [1.82, 2.24) is 0 Å². The molecule has 2 saturated heterocycles. The van der Waals surface area contributed by atoms with Crippen LogP contribution < -0.4 is 0 Å². The number of aliphatic hydroxyl groups is 7. The number of allylic oxidation sites excluding steroid dienone is 2. The summed E-state index contributed by atoms with van der Waals surface area (Å²) in [5, 5.41) is 70.6. The third-order valence-corrected chi connectivity index (χ3v) is 6.52. The van der Waals surface area contributed by atoms with Crippen LogP contribution in [0.4, 0.5) is 0 Å². The molecule has 0 aromatic carbocycles. The zero-order valence-electron chi connectivity index (χ0n) is 19.4. The molecule has 7 N–H and O–H groups in total. The summed E-state index contributed by atoms with van der Waals surface area (Å²) < 4.78 is 16.7. The van der Waals surface area contributed by atoms with Crippen LogP contribution in [0, 0.1) is 5.41 Å². The Bertz CT molecular complexity index is 798. The molecule has 4 unspecified atom stereocenters. The average Bonchev–Trinajstić information content (AvgIpc) is 2.75. The molecule has 0 amide bonds. The van der Waals surface area contributed by atoms with E-state index in [1.165, 1.54) is 6.21 Å². The molecule has 0 aromatic heterocycles. The number of Topliss-reactive ketones (excluding diaryl/α,β-unsaturated/α-hetero) is 1. The number of ether oxygens (including phenoxy) is 3. The van der Waals surface area contributed by atoms with Crippen molar-refractivity contribution in [2.75, 3.05) is 13.2 Å². The van der Waals surface area contributed by atoms with E-state index in [4.69, 9.17) is 14.2 Å². The summed E-state index contributed by atoms with van der Waals surface area (Å²) in [5.74, 6) is -0.370. The van der Waals surface area contributed by atoms with E-state index in [-0.39, 0.29) is 29.0 Å². The van der Waals surface area contributed by atoms with Gasteiger partial charge in [-0.05, 0) is 12.3 Å². The summed E-state index contributed by atoms with van der Waals surface area (Å²) in [6, 6.07) is -0.972. The number of aliphatic hydroxyl groups excluding tert-OH is 7. The first-order valence-corrected chi connectivity index (χ1v) is 11.3. The number of aliphatic imine (C=N–C) groups is 1. The highest BCUT2D eigenvalue weighted by molar-refractivity contribution is 6.14. The highest BCUT2D eigenvalue weighted by Crippen LogP contribution is 2.35. The zero-order chi connectivity index (χ0) is 25.4. The van der Waals surface area contributed by atoms with Gasteiger partial charge in [0.15, 0.2) is 12.1 Å². The van der Waals surface area contributed by atoms with Crippen molar-refractivity contribution in [2.45, 2.75) is 94.8 Å². The number of carbonyl (C=O) groups excluding carboxylic acids is 1. The lowest BCUT2D eigenvalue weighted by molar-refractivity contribution is -0.334. The lowest BCUT2D eigenvalue weighted by Gasteiger charge is -2.46. The summed E-state index contributed by atoms with van der Waals surface area (Å²) in [7, 11) is 0. The SMILES string of the molecule is C[C@@H]1OC(CO)[C@@H](O[C@@H]2OC(CO)[C@H](O)[C@H](O)C2O)[C@H](O)C1N=CC1=C(O)CC(C)(C)CC1=O. The van der Waals surface area contributed by atoms with Gasteiger partial charge in [-0.1, -0.05) is 13.8 Å². The minimum absolute atomic E-state index is 0.0504. The summed E-state index contributed by atoms with van der Waals surface area (Å²) in [5.41, 5.74) is -0.327. The molecule has 1 aliphatic carbocycles. The van der Waals surface area contributed by atoms with Crippen LogP contribution in [-0.2, 0) is 19.0 Å². The van der Waals surface area contributed by atoms with E-state index < -0.39 is 74.4 Å². The van der Waals surface area contributed by atoms with Gasteiger partial charge in [0.05, 0.1) is 24.9 Å². The average molecular weight is 490 g/mol. The molecule has 34 heavy (non-hydrogen) atoms. The van der Waals surface area contributed by atoms with Crippen LogP contribution >= 0.6 is 0 Å². The number of rotatable bonds is 6. The Morgan fingerprint density at radius 1 is 1.00 bits per heavy atom. The van der Waals surface area contributed by atoms with Crippen molar-refractivity contribution in [3.63, 3.8) is 0 Å². The van der Waals surface area contributed by atoms with Gasteiger partial charge in [0, 0.05) is 19.1 Å². The van der Waals surface area contributed by atoms with Gasteiger partial charge in [-0.25, -0.2) is 0 Å². The maximum Gasteiger partial charge on any atom is 0.187 e. The third-order valence-electron chi connectivity index (χ3n) is 6.52. The molecule has 194 valence electrons. The van der Waals surface area contributed by atoms with Gasteiger partial charge in [0.2, 0.25) is 0 Å². The van der Waals surface area contributed by atoms with Crippen LogP contribution in [0.3, 0.4) is 0 Å². The van der Waals surface area contributed by atoms with Gasteiger partial charge in [-0.3, -0.25) is 9.79 Å². The van der Waals surface area contributed by atoms with E-state index in [0.717, 1.165) is 0 Å². The number of ketones is 1. The molecule has 0 radical (unpaired) electrons. The molecule has 2 heterocycles. The van der Waals surface area contributed by atoms with Gasteiger partial charge in [0.1, 0.15) is 54.5 Å². The molecule has 3 rings (SSSR count). The summed E-state index contributed by atoms with van der Waals surface area (Å²) in [6.45, 7) is 4.13. The lowest BCUT2D eigenvalue weighted by atomic mass is 9.77. The first kappa shape index (κ1) is 27.1. The van der Waals surface area contributed by atoms with Gasteiger partial charge < -0.3 is 50.0 Å². The summed E-state index contributed by atoms with van der Waals surface area (Å²) >= 11 is 0. The maximum atomic E-state index is 12.5. The van der Waals surface area contributed by atoms with E-state index >= 15 is 0 Å². The third kappa shape index (κ3) is 5.50. The van der Waals surface area contributed by atoms with Gasteiger partial charge in [-0.2, -0.15) is 0 Å². The molecule has 12 heteroatoms. The Balaban J connectivity index is 1.80. The maximum absolute atomic E-state index is 12.5. The van der Waals surface area contributed by atoms with Crippen molar-refractivity contribution >= 4 is 12.0 Å². The lowest BCUT2D eigenvalue weighted by Crippen LogP contribution is -2.63. The molecule has 0 saturated carbocycles. The molecule has 0 spiro atoms. The summed E-state index contributed by atoms with van der Waals surface area (Å²) in [4.78, 5) is 16.7. The van der Waals surface area contributed by atoms with Crippen molar-refractivity contribution < 1.29 is 54.8 Å². The van der Waals surface area contributed by atoms with E-state index in [1.54, 1.807) is 6.92 Å². The largest absolute Gasteiger partial charge is 0.511 e. The van der Waals surface area contributed by atoms with Crippen molar-refractivity contribution in [2.24, 2.45) is 10.4 Å². The Hall–Kier alpha value is -1.48. The fraction of sp³-hybridized carbons (Fsp3) is 0.818. The molecule has 12 nitrogen and oxygen atoms in total. The fourth-order valence-corrected chi connectivity index (χ4v) is 4.59. The van der Waals surface area contributed by atoms with Crippen LogP contribution in [0.5, 0.6) is 0 Å². The van der Waals surface area contributed by atoms with Crippen LogP contribution in [0.1, 0.15) is 33.6 Å². The number of hydrogen-bond acceptors (Lipinski definition) is 12. The minimum Gasteiger partial charge on any atom is -0.511 e. The Morgan fingerprint density at radius 2 is 1.65 bits per heavy atom. The molecular formula is C22H35NO11. The number of nitrogens with zero attached hydrogens (tertiary/aromatic N) is 1. The Morgan fingerprint density at radius 3 is 2.24 bits per heavy atom. The Kier molecular flexibility index (Phi) is 8.49. The van der Waals surface area contributed by atoms with Crippen molar-refractivity contribution in [1.29, 1.82) is 0 Å². The highest BCUT2D eigenvalue weighted by atomic mass is 16.7. The molecule has 2 aliphatic heterocycles. The second kappa shape index (κ2) is 10.6. The van der Waals surface area contributed by atoms with Crippen LogP contribution in [-0.4, -0.2) is 122 Å². The second-order valence-electron chi connectivity index (χ2n) is 9.92. The first-order chi connectivity index (χ1) is 15.9. The molecule has 2 fully saturated rings. The molecule has 10 atom stereocenters. The zero-order valence-corrected chi connectivity index (χ0v) is 19.4. The Labute approximate surface area is 197 Å². The van der Waals surface area contributed by atoms with Crippen molar-refractivity contribution in [3.8, 4) is 0 Å². The number of hydrogen-bond donors (Lipinski definition) is 7. The molecule has 0 aromatic rings. The predicted molar refractivity (Wildman–Crippen MR) is 116 cm³/mol. The van der Waals surface area contributed by atoms with E-state index in [1.807, 2.05) is 13.8 Å². The predicted octanol–water partition coefficient (Wildman–Crippen LogP) is -2.05. The van der Waals surface area contributed by atoms with Gasteiger partial charge in [-0.15, -0.1) is 0 Å². The monoisotopic (exact) mass is 489 g/mol. The normalized spacial score (nSPS) is 43.5. The molecule has 3 aliphatic rings. The highest BCUT2D eigenvalue weighted by Gasteiger charge is 2.50. The quantitative estimate of drug-likeness (QED) is 0.203. The minimum atomic E-state index is -1.71. The second-order valence-corrected chi connectivity index (χ2v) is 9.92. The van der Waals surface area contributed by atoms with Crippen molar-refractivity contribution in [3.05, 3.63) is 11.3 Å². The topological polar surface area (TPSA) is 199 Å². The number of carbonyl (C=O) groups is 1.